The highest BCUT2D eigenvalue weighted by atomic mass is 16.7. The second-order valence-electron chi connectivity index (χ2n) is 20.9. The summed E-state index contributed by atoms with van der Waals surface area (Å²) in [5.74, 6) is -2.00. The first-order valence-corrected chi connectivity index (χ1v) is 29.3. The van der Waals surface area contributed by atoms with Crippen molar-refractivity contribution in [3.8, 4) is 0 Å². The molecule has 0 spiro atoms. The monoisotopic (exact) mass is 987 g/mol. The van der Waals surface area contributed by atoms with Crippen molar-refractivity contribution in [2.45, 2.75) is 277 Å². The average Bonchev–Trinajstić information content (AvgIpc) is 3.33. The summed E-state index contributed by atoms with van der Waals surface area (Å²) in [4.78, 5) is 37.4. The molecule has 70 heavy (non-hydrogen) atoms. The van der Waals surface area contributed by atoms with Crippen LogP contribution in [0.4, 0.5) is 0 Å². The largest absolute Gasteiger partial charge is 0.477 e. The second-order valence-corrected chi connectivity index (χ2v) is 20.9. The number of ether oxygens (including phenoxy) is 4. The van der Waals surface area contributed by atoms with Crippen molar-refractivity contribution in [1.82, 2.24) is 0 Å². The summed E-state index contributed by atoms with van der Waals surface area (Å²) in [6.45, 7) is 4.79. The predicted molar refractivity (Wildman–Crippen MR) is 295 cm³/mol. The topological polar surface area (TPSA) is 108 Å². The smallest absolute Gasteiger partial charge is 0.361 e. The summed E-state index contributed by atoms with van der Waals surface area (Å²) < 4.78 is 22.9. The fourth-order valence-corrected chi connectivity index (χ4v) is 8.36. The maximum atomic E-state index is 12.9. The van der Waals surface area contributed by atoms with Gasteiger partial charge >= 0.3 is 17.9 Å². The van der Waals surface area contributed by atoms with Crippen molar-refractivity contribution in [3.05, 3.63) is 48.6 Å². The van der Waals surface area contributed by atoms with Crippen LogP contribution in [0.1, 0.15) is 264 Å². The molecule has 0 aliphatic rings. The molecule has 0 aromatic carbocycles. The van der Waals surface area contributed by atoms with Crippen LogP contribution in [0, 0.1) is 0 Å². The van der Waals surface area contributed by atoms with Crippen molar-refractivity contribution < 1.29 is 42.9 Å². The first-order valence-electron chi connectivity index (χ1n) is 29.3. The van der Waals surface area contributed by atoms with Crippen LogP contribution in [-0.2, 0) is 33.3 Å². The molecule has 0 aromatic rings. The Morgan fingerprint density at radius 2 is 0.814 bits per heavy atom. The van der Waals surface area contributed by atoms with Gasteiger partial charge in [-0.2, -0.15) is 0 Å². The Balaban J connectivity index is 4.22. The van der Waals surface area contributed by atoms with E-state index in [1.165, 1.54) is 161 Å². The molecule has 0 aliphatic carbocycles. The number of unbranched alkanes of at least 4 members (excludes halogenated alkanes) is 31. The van der Waals surface area contributed by atoms with Crippen molar-refractivity contribution in [2.75, 3.05) is 47.5 Å². The fraction of sp³-hybridized carbons (Fsp3) is 0.820. The zero-order chi connectivity index (χ0) is 51.3. The highest BCUT2D eigenvalue weighted by Crippen LogP contribution is 2.17. The van der Waals surface area contributed by atoms with Gasteiger partial charge < -0.3 is 28.5 Å². The molecule has 0 aromatic heterocycles. The molecular formula is C61H112NO8+. The number of allylic oxidation sites excluding steroid dienone is 8. The Morgan fingerprint density at radius 1 is 0.443 bits per heavy atom. The number of likely N-dealkylation sites (N-methyl/N-ethyl adjacent to an activating group) is 1. The van der Waals surface area contributed by atoms with Crippen molar-refractivity contribution >= 4 is 17.9 Å². The molecule has 0 fully saturated rings. The van der Waals surface area contributed by atoms with Crippen LogP contribution in [0.15, 0.2) is 48.6 Å². The van der Waals surface area contributed by atoms with E-state index in [0.717, 1.165) is 70.6 Å². The van der Waals surface area contributed by atoms with Gasteiger partial charge in [0.1, 0.15) is 13.2 Å². The number of hydrogen-bond donors (Lipinski definition) is 1. The molecule has 0 aliphatic heterocycles. The molecular weight excluding hydrogens is 875 g/mol. The van der Waals surface area contributed by atoms with E-state index in [0.29, 0.717) is 23.9 Å². The minimum atomic E-state index is -1.51. The van der Waals surface area contributed by atoms with Gasteiger partial charge in [-0.3, -0.25) is 9.59 Å². The number of aliphatic carboxylic acids is 1. The average molecular weight is 988 g/mol. The number of hydrogen-bond acceptors (Lipinski definition) is 7. The molecule has 0 saturated carbocycles. The molecule has 408 valence electrons. The van der Waals surface area contributed by atoms with E-state index in [1.807, 2.05) is 21.1 Å². The number of rotatable bonds is 54. The SMILES string of the molecule is CC/C=C\C/C=C\C/C=C\C/C=C\CCCCCCCCCCC(=O)OC(COC(=O)CCCCCCCCCCCCCCCCCCCCCCCCCC)COC(OCC[N+](C)(C)C)C(=O)O. The molecule has 0 heterocycles. The van der Waals surface area contributed by atoms with Gasteiger partial charge in [-0.05, 0) is 51.4 Å². The predicted octanol–water partition coefficient (Wildman–Crippen LogP) is 17.1. The third-order valence-corrected chi connectivity index (χ3v) is 12.8. The Morgan fingerprint density at radius 3 is 1.21 bits per heavy atom. The molecule has 9 nitrogen and oxygen atoms in total. The third-order valence-electron chi connectivity index (χ3n) is 12.8. The molecule has 1 N–H and O–H groups in total. The first-order chi connectivity index (χ1) is 34.1. The van der Waals surface area contributed by atoms with Gasteiger partial charge in [-0.15, -0.1) is 0 Å². The minimum Gasteiger partial charge on any atom is -0.477 e. The number of carbonyl (C=O) groups is 3. The Labute approximate surface area is 432 Å². The van der Waals surface area contributed by atoms with E-state index in [9.17, 15) is 19.5 Å². The lowest BCUT2D eigenvalue weighted by Gasteiger charge is -2.25. The number of quaternary nitrogens is 1. The standard InChI is InChI=1S/C61H111NO8/c1-6-8-10-12-14-16-18-20-22-24-26-28-29-30-32-33-35-37-39-41-43-45-47-49-51-58(63)68-55-57(56-69-61(60(65)66)67-54-53-62(3,4)5)70-59(64)52-50-48-46-44-42-40-38-36-34-31-27-25-23-21-19-17-15-13-11-9-7-2/h9,11,15,17,21,23,27,31,57,61H,6-8,10,12-14,16,18-20,22,24-26,28-30,32-56H2,1-5H3/p+1/b11-9-,17-15-,23-21-,31-27-. The molecule has 0 radical (unpaired) electrons. The zero-order valence-electron chi connectivity index (χ0n) is 46.4. The van der Waals surface area contributed by atoms with Crippen LogP contribution in [0.3, 0.4) is 0 Å². The highest BCUT2D eigenvalue weighted by molar-refractivity contribution is 5.71. The summed E-state index contributed by atoms with van der Waals surface area (Å²) in [7, 11) is 5.97. The molecule has 0 amide bonds. The van der Waals surface area contributed by atoms with E-state index in [-0.39, 0.29) is 32.2 Å². The van der Waals surface area contributed by atoms with Crippen molar-refractivity contribution in [1.29, 1.82) is 0 Å². The summed E-state index contributed by atoms with van der Waals surface area (Å²) >= 11 is 0. The van der Waals surface area contributed by atoms with E-state index in [1.54, 1.807) is 0 Å². The lowest BCUT2D eigenvalue weighted by Crippen LogP contribution is -2.40. The lowest BCUT2D eigenvalue weighted by atomic mass is 10.0. The summed E-state index contributed by atoms with van der Waals surface area (Å²) in [5, 5.41) is 9.70. The Kier molecular flexibility index (Phi) is 50.5. The van der Waals surface area contributed by atoms with Crippen LogP contribution in [0.2, 0.25) is 0 Å². The number of carboxylic acids is 1. The van der Waals surface area contributed by atoms with Crippen molar-refractivity contribution in [3.63, 3.8) is 0 Å². The summed E-state index contributed by atoms with van der Waals surface area (Å²) in [6, 6.07) is 0. The van der Waals surface area contributed by atoms with E-state index in [4.69, 9.17) is 18.9 Å². The van der Waals surface area contributed by atoms with Crippen LogP contribution >= 0.6 is 0 Å². The van der Waals surface area contributed by atoms with Gasteiger partial charge in [-0.1, -0.05) is 249 Å². The fourth-order valence-electron chi connectivity index (χ4n) is 8.36. The quantitative estimate of drug-likeness (QED) is 0.0211. The highest BCUT2D eigenvalue weighted by Gasteiger charge is 2.25. The first kappa shape index (κ1) is 67.2. The number of carboxylic acid groups (broad SMARTS) is 1. The van der Waals surface area contributed by atoms with Gasteiger partial charge in [-0.25, -0.2) is 4.79 Å². The van der Waals surface area contributed by atoms with Gasteiger partial charge in [0.25, 0.3) is 6.29 Å². The van der Waals surface area contributed by atoms with Gasteiger partial charge in [0.05, 0.1) is 34.4 Å². The number of nitrogens with zero attached hydrogens (tertiary/aromatic N) is 1. The van der Waals surface area contributed by atoms with Gasteiger partial charge in [0.15, 0.2) is 6.10 Å². The van der Waals surface area contributed by atoms with Gasteiger partial charge in [0, 0.05) is 12.8 Å². The Bertz CT molecular complexity index is 1290. The van der Waals surface area contributed by atoms with E-state index >= 15 is 0 Å². The minimum absolute atomic E-state index is 0.183. The van der Waals surface area contributed by atoms with Crippen LogP contribution in [-0.4, -0.2) is 87.4 Å². The molecule has 2 atom stereocenters. The molecule has 0 saturated heterocycles. The third kappa shape index (κ3) is 53.1. The Hall–Kier alpha value is -2.75. The normalized spacial score (nSPS) is 13.1. The van der Waals surface area contributed by atoms with Crippen LogP contribution < -0.4 is 0 Å². The van der Waals surface area contributed by atoms with E-state index in [2.05, 4.69) is 62.5 Å². The van der Waals surface area contributed by atoms with Crippen molar-refractivity contribution in [2.24, 2.45) is 0 Å². The molecule has 0 bridgehead atoms. The van der Waals surface area contributed by atoms with Gasteiger partial charge in [0.2, 0.25) is 0 Å². The second kappa shape index (κ2) is 52.6. The lowest BCUT2D eigenvalue weighted by molar-refractivity contribution is -0.870. The van der Waals surface area contributed by atoms with Crippen LogP contribution in [0.5, 0.6) is 0 Å². The number of esters is 2. The summed E-state index contributed by atoms with van der Waals surface area (Å²) in [6.07, 6.45) is 61.9. The summed E-state index contributed by atoms with van der Waals surface area (Å²) in [5.41, 5.74) is 0. The maximum Gasteiger partial charge on any atom is 0.361 e. The zero-order valence-corrected chi connectivity index (χ0v) is 46.4. The molecule has 2 unspecified atom stereocenters. The molecule has 0 rings (SSSR count). The molecule has 9 heteroatoms. The van der Waals surface area contributed by atoms with E-state index < -0.39 is 24.3 Å². The van der Waals surface area contributed by atoms with Crippen LogP contribution in [0.25, 0.3) is 0 Å². The number of carbonyl (C=O) groups excluding carboxylic acids is 2. The maximum absolute atomic E-state index is 12.9.